The van der Waals surface area contributed by atoms with Gasteiger partial charge in [-0.2, -0.15) is 0 Å². The van der Waals surface area contributed by atoms with Gasteiger partial charge in [0, 0.05) is 11.0 Å². The minimum Gasteiger partial charge on any atom is -0.324 e. The van der Waals surface area contributed by atoms with Gasteiger partial charge >= 0.3 is 0 Å². The summed E-state index contributed by atoms with van der Waals surface area (Å²) in [6.45, 7) is 4.33. The minimum atomic E-state index is -0.0653. The van der Waals surface area contributed by atoms with Gasteiger partial charge in [-0.25, -0.2) is 0 Å². The Bertz CT molecular complexity index is 395. The Morgan fingerprint density at radius 1 is 1.20 bits per heavy atom. The van der Waals surface area contributed by atoms with Crippen molar-refractivity contribution in [1.82, 2.24) is 0 Å². The molecule has 2 rings (SSSR count). The van der Waals surface area contributed by atoms with Crippen LogP contribution in [0.5, 0.6) is 0 Å². The predicted molar refractivity (Wildman–Crippen MR) is 65.6 cm³/mol. The summed E-state index contributed by atoms with van der Waals surface area (Å²) in [5.41, 5.74) is 7.33. The molecule has 0 bridgehead atoms. The van der Waals surface area contributed by atoms with Crippen LogP contribution < -0.4 is 5.73 Å². The van der Waals surface area contributed by atoms with E-state index in [-0.39, 0.29) is 11.0 Å². The largest absolute Gasteiger partial charge is 0.324 e. The first-order chi connectivity index (χ1) is 6.87. The molecule has 82 valence electrons. The monoisotopic (exact) mass is 243 g/mol. The van der Waals surface area contributed by atoms with Crippen molar-refractivity contribution in [2.75, 3.05) is 0 Å². The van der Waals surface area contributed by atoms with Crippen molar-refractivity contribution < 1.29 is 0 Å². The van der Waals surface area contributed by atoms with Gasteiger partial charge in [-0.1, -0.05) is 43.1 Å². The Kier molecular flexibility index (Phi) is 2.53. The average Bonchev–Trinajstić information content (AvgIpc) is 2.90. The first kappa shape index (κ1) is 11.3. The fourth-order valence-electron chi connectivity index (χ4n) is 1.93. The zero-order chi connectivity index (χ0) is 11.3. The van der Waals surface area contributed by atoms with E-state index in [1.165, 1.54) is 0 Å². The van der Waals surface area contributed by atoms with Crippen LogP contribution in [-0.2, 0) is 5.41 Å². The molecule has 0 aromatic heterocycles. The highest BCUT2D eigenvalue weighted by molar-refractivity contribution is 6.42. The van der Waals surface area contributed by atoms with Gasteiger partial charge in [-0.3, -0.25) is 0 Å². The van der Waals surface area contributed by atoms with Gasteiger partial charge in [0.25, 0.3) is 0 Å². The molecule has 1 saturated carbocycles. The van der Waals surface area contributed by atoms with E-state index in [4.69, 9.17) is 28.9 Å². The number of rotatable bonds is 2. The zero-order valence-electron chi connectivity index (χ0n) is 8.98. The SMILES string of the molecule is CC(C)(c1ccc(Cl)c(Cl)c1)C1(N)CC1. The van der Waals surface area contributed by atoms with Crippen LogP contribution >= 0.6 is 23.2 Å². The second-order valence-corrected chi connectivity index (χ2v) is 5.72. The molecule has 1 aromatic carbocycles. The summed E-state index contributed by atoms with van der Waals surface area (Å²) in [6, 6.07) is 5.78. The van der Waals surface area contributed by atoms with Gasteiger partial charge in [0.1, 0.15) is 0 Å². The van der Waals surface area contributed by atoms with Crippen LogP contribution in [-0.4, -0.2) is 5.54 Å². The molecule has 2 N–H and O–H groups in total. The number of nitrogens with two attached hydrogens (primary N) is 1. The zero-order valence-corrected chi connectivity index (χ0v) is 10.5. The molecule has 0 saturated heterocycles. The number of hydrogen-bond donors (Lipinski definition) is 1. The molecule has 0 spiro atoms. The maximum Gasteiger partial charge on any atom is 0.0595 e. The summed E-state index contributed by atoms with van der Waals surface area (Å²) >= 11 is 11.9. The first-order valence-corrected chi connectivity index (χ1v) is 5.87. The van der Waals surface area contributed by atoms with Crippen LogP contribution in [0.25, 0.3) is 0 Å². The Morgan fingerprint density at radius 3 is 2.27 bits per heavy atom. The molecule has 0 amide bonds. The first-order valence-electron chi connectivity index (χ1n) is 5.11. The lowest BCUT2D eigenvalue weighted by molar-refractivity contribution is 0.391. The fourth-order valence-corrected chi connectivity index (χ4v) is 2.23. The highest BCUT2D eigenvalue weighted by Gasteiger charge is 2.51. The summed E-state index contributed by atoms with van der Waals surface area (Å²) < 4.78 is 0. The van der Waals surface area contributed by atoms with Gasteiger partial charge < -0.3 is 5.73 Å². The molecular formula is C12H15Cl2N. The standard InChI is InChI=1S/C12H15Cl2N/c1-11(2,12(15)5-6-12)8-3-4-9(13)10(14)7-8/h3-4,7H,5-6,15H2,1-2H3. The van der Waals surface area contributed by atoms with Crippen LogP contribution in [0.4, 0.5) is 0 Å². The maximum absolute atomic E-state index is 6.27. The molecule has 1 aromatic rings. The predicted octanol–water partition coefficient (Wildman–Crippen LogP) is 3.76. The molecule has 15 heavy (non-hydrogen) atoms. The van der Waals surface area contributed by atoms with Gasteiger partial charge in [0.2, 0.25) is 0 Å². The van der Waals surface area contributed by atoms with E-state index in [1.807, 2.05) is 18.2 Å². The third-order valence-corrected chi connectivity index (χ3v) is 4.41. The molecule has 0 aliphatic heterocycles. The van der Waals surface area contributed by atoms with Crippen molar-refractivity contribution in [3.05, 3.63) is 33.8 Å². The van der Waals surface area contributed by atoms with E-state index < -0.39 is 0 Å². The van der Waals surface area contributed by atoms with Crippen molar-refractivity contribution in [3.8, 4) is 0 Å². The summed E-state index contributed by atoms with van der Waals surface area (Å²) in [5.74, 6) is 0. The van der Waals surface area contributed by atoms with E-state index in [2.05, 4.69) is 13.8 Å². The second-order valence-electron chi connectivity index (χ2n) is 4.91. The highest BCUT2D eigenvalue weighted by Crippen LogP contribution is 2.49. The summed E-state index contributed by atoms with van der Waals surface area (Å²) in [5, 5.41) is 1.20. The highest BCUT2D eigenvalue weighted by atomic mass is 35.5. The molecule has 1 nitrogen and oxygen atoms in total. The lowest BCUT2D eigenvalue weighted by atomic mass is 9.76. The molecule has 0 atom stereocenters. The summed E-state index contributed by atoms with van der Waals surface area (Å²) in [6.07, 6.45) is 2.17. The Balaban J connectivity index is 2.41. The molecule has 0 unspecified atom stereocenters. The number of halogens is 2. The van der Waals surface area contributed by atoms with Crippen molar-refractivity contribution in [2.24, 2.45) is 5.73 Å². The minimum absolute atomic E-state index is 0.0404. The topological polar surface area (TPSA) is 26.0 Å². The van der Waals surface area contributed by atoms with Crippen molar-refractivity contribution >= 4 is 23.2 Å². The lowest BCUT2D eigenvalue weighted by Gasteiger charge is -2.32. The third kappa shape index (κ3) is 1.77. The van der Waals surface area contributed by atoms with Crippen LogP contribution in [0.2, 0.25) is 10.0 Å². The average molecular weight is 244 g/mol. The number of hydrogen-bond acceptors (Lipinski definition) is 1. The van der Waals surface area contributed by atoms with Gasteiger partial charge in [0.05, 0.1) is 10.0 Å². The van der Waals surface area contributed by atoms with Gasteiger partial charge in [0.15, 0.2) is 0 Å². The van der Waals surface area contributed by atoms with Crippen LogP contribution in [0.15, 0.2) is 18.2 Å². The van der Waals surface area contributed by atoms with E-state index in [1.54, 1.807) is 0 Å². The molecule has 1 fully saturated rings. The summed E-state index contributed by atoms with van der Waals surface area (Å²) in [4.78, 5) is 0. The molecular weight excluding hydrogens is 229 g/mol. The maximum atomic E-state index is 6.27. The van der Waals surface area contributed by atoms with Crippen LogP contribution in [0.1, 0.15) is 32.3 Å². The van der Waals surface area contributed by atoms with E-state index in [9.17, 15) is 0 Å². The Hall–Kier alpha value is -0.240. The molecule has 0 radical (unpaired) electrons. The second kappa shape index (κ2) is 3.38. The third-order valence-electron chi connectivity index (χ3n) is 3.67. The smallest absolute Gasteiger partial charge is 0.0595 e. The summed E-state index contributed by atoms with van der Waals surface area (Å²) in [7, 11) is 0. The van der Waals surface area contributed by atoms with E-state index in [0.717, 1.165) is 18.4 Å². The quantitative estimate of drug-likeness (QED) is 0.842. The Morgan fingerprint density at radius 2 is 1.80 bits per heavy atom. The molecule has 1 aliphatic carbocycles. The van der Waals surface area contributed by atoms with Crippen LogP contribution in [0, 0.1) is 0 Å². The molecule has 1 aliphatic rings. The lowest BCUT2D eigenvalue weighted by Crippen LogP contribution is -2.43. The molecule has 0 heterocycles. The van der Waals surface area contributed by atoms with Crippen LogP contribution in [0.3, 0.4) is 0 Å². The van der Waals surface area contributed by atoms with E-state index >= 15 is 0 Å². The van der Waals surface area contributed by atoms with Crippen molar-refractivity contribution in [2.45, 2.75) is 37.6 Å². The van der Waals surface area contributed by atoms with Crippen molar-refractivity contribution in [1.29, 1.82) is 0 Å². The normalized spacial score (nSPS) is 19.0. The van der Waals surface area contributed by atoms with Gasteiger partial charge in [-0.15, -0.1) is 0 Å². The van der Waals surface area contributed by atoms with Gasteiger partial charge in [-0.05, 0) is 30.5 Å². The van der Waals surface area contributed by atoms with Crippen molar-refractivity contribution in [3.63, 3.8) is 0 Å². The molecule has 3 heteroatoms. The van der Waals surface area contributed by atoms with E-state index in [0.29, 0.717) is 10.0 Å². The number of benzene rings is 1. The Labute approximate surface area is 101 Å². The fraction of sp³-hybridized carbons (Fsp3) is 0.500.